The molecule has 0 unspecified atom stereocenters. The molecule has 0 atom stereocenters. The van der Waals surface area contributed by atoms with Crippen molar-refractivity contribution in [2.75, 3.05) is 0 Å². The van der Waals surface area contributed by atoms with Crippen molar-refractivity contribution in [3.8, 4) is 0 Å². The fourth-order valence-corrected chi connectivity index (χ4v) is 2.62. The van der Waals surface area contributed by atoms with Gasteiger partial charge in [0.05, 0.1) is 0 Å². The van der Waals surface area contributed by atoms with Gasteiger partial charge in [0.25, 0.3) is 0 Å². The van der Waals surface area contributed by atoms with E-state index in [-0.39, 0.29) is 41.1 Å². The Balaban J connectivity index is 0. The third-order valence-corrected chi connectivity index (χ3v) is 3.31. The van der Waals surface area contributed by atoms with E-state index in [0.717, 1.165) is 0 Å². The average Bonchev–Trinajstić information content (AvgIpc) is 2.55. The molecule has 0 N–H and O–H groups in total. The fraction of sp³-hybridized carbons (Fsp3) is 0.389. The van der Waals surface area contributed by atoms with Gasteiger partial charge in [-0.15, -0.1) is 34.5 Å². The normalized spacial score (nSPS) is 10.1. The Morgan fingerprint density at radius 1 is 0.947 bits per heavy atom. The van der Waals surface area contributed by atoms with Crippen molar-refractivity contribution in [3.63, 3.8) is 0 Å². The number of rotatable bonds is 2. The Hall–Kier alpha value is -0.287. The van der Waals surface area contributed by atoms with Crippen LogP contribution in [-0.2, 0) is 26.2 Å². The van der Waals surface area contributed by atoms with E-state index in [4.69, 9.17) is 0 Å². The van der Waals surface area contributed by atoms with E-state index in [9.17, 15) is 0 Å². The van der Waals surface area contributed by atoms with E-state index >= 15 is 0 Å². The number of hydrogen-bond donors (Lipinski definition) is 0. The van der Waals surface area contributed by atoms with Gasteiger partial charge in [0.1, 0.15) is 0 Å². The second-order valence-electron chi connectivity index (χ2n) is 5.41. The molecule has 2 rings (SSSR count). The molecule has 0 fully saturated rings. The van der Waals surface area contributed by atoms with Crippen molar-refractivity contribution >= 4 is 10.8 Å². The summed E-state index contributed by atoms with van der Waals surface area (Å²) < 4.78 is 0. The van der Waals surface area contributed by atoms with Crippen molar-refractivity contribution in [3.05, 3.63) is 55.8 Å². The molecule has 0 bridgehead atoms. The molecule has 0 saturated heterocycles. The van der Waals surface area contributed by atoms with E-state index in [0.29, 0.717) is 11.8 Å². The summed E-state index contributed by atoms with van der Waals surface area (Å²) in [6, 6.07) is 9.19. The van der Waals surface area contributed by atoms with Crippen LogP contribution in [0.2, 0.25) is 0 Å². The molecule has 0 aromatic heterocycles. The molecule has 0 saturated carbocycles. The maximum absolute atomic E-state index is 2.33. The van der Waals surface area contributed by atoms with Crippen LogP contribution in [0.5, 0.6) is 0 Å². The molecule has 2 aromatic carbocycles. The molecule has 0 amide bonds. The third kappa shape index (κ3) is 4.09. The van der Waals surface area contributed by atoms with E-state index in [1.807, 2.05) is 0 Å². The van der Waals surface area contributed by atoms with Crippen molar-refractivity contribution in [1.82, 2.24) is 0 Å². The largest absolute Gasteiger partial charge is 3.00 e. The Morgan fingerprint density at radius 2 is 1.53 bits per heavy atom. The van der Waals surface area contributed by atoms with Gasteiger partial charge < -0.3 is 14.9 Å². The molecule has 0 heterocycles. The van der Waals surface area contributed by atoms with Crippen LogP contribution in [0, 0.1) is 21.8 Å². The van der Waals surface area contributed by atoms with Gasteiger partial charge in [0, 0.05) is 0 Å². The summed E-state index contributed by atoms with van der Waals surface area (Å²) >= 11 is 0. The van der Waals surface area contributed by atoms with Crippen molar-refractivity contribution in [1.29, 1.82) is 0 Å². The second kappa shape index (κ2) is 8.10. The molecule has 19 heavy (non-hydrogen) atoms. The van der Waals surface area contributed by atoms with Gasteiger partial charge in [-0.05, 0) is 11.8 Å². The zero-order chi connectivity index (χ0) is 11.9. The Labute approximate surface area is 139 Å². The minimum atomic E-state index is 0. The summed E-state index contributed by atoms with van der Waals surface area (Å²) in [5.41, 5.74) is 4.42. The molecular formula is C18H27Zr. The number of fused-ring (bicyclic) bond motifs is 1. The SMILES string of the molecule is Cc1cc2c(C(C)C)c(C(C)C)ccc2[cH-]1.[CH3-].[CH3-].[Zr+3]. The van der Waals surface area contributed by atoms with Gasteiger partial charge in [-0.3, -0.25) is 0 Å². The standard InChI is InChI=1S/C16H21.2CH3.Zr/c1-10(2)14-7-6-13-8-12(5)9-15(13)16(14)11(3)4;;;/h6-11H,1-5H3;2*1H3;/q3*-1;+3. The van der Waals surface area contributed by atoms with Gasteiger partial charge in [-0.1, -0.05) is 45.7 Å². The fourth-order valence-electron chi connectivity index (χ4n) is 2.62. The van der Waals surface area contributed by atoms with Gasteiger partial charge in [0.2, 0.25) is 0 Å². The van der Waals surface area contributed by atoms with E-state index in [1.54, 1.807) is 5.56 Å². The molecule has 1 heteroatoms. The van der Waals surface area contributed by atoms with Crippen LogP contribution in [0.25, 0.3) is 10.8 Å². The van der Waals surface area contributed by atoms with Crippen LogP contribution < -0.4 is 0 Å². The monoisotopic (exact) mass is 333 g/mol. The molecular weight excluding hydrogens is 307 g/mol. The van der Waals surface area contributed by atoms with E-state index < -0.39 is 0 Å². The van der Waals surface area contributed by atoms with Gasteiger partial charge in [-0.2, -0.15) is 6.07 Å². The molecule has 2 aromatic rings. The molecule has 0 spiro atoms. The first-order chi connectivity index (χ1) is 7.50. The third-order valence-electron chi connectivity index (χ3n) is 3.31. The number of aryl methyl sites for hydroxylation is 1. The van der Waals surface area contributed by atoms with Crippen LogP contribution in [-0.4, -0.2) is 0 Å². The summed E-state index contributed by atoms with van der Waals surface area (Å²) in [6.45, 7) is 11.3. The number of benzene rings is 1. The molecule has 103 valence electrons. The summed E-state index contributed by atoms with van der Waals surface area (Å²) in [5, 5.41) is 2.85. The maximum Gasteiger partial charge on any atom is 3.00 e. The molecule has 0 aliphatic carbocycles. The van der Waals surface area contributed by atoms with Gasteiger partial charge >= 0.3 is 26.2 Å². The summed E-state index contributed by atoms with van der Waals surface area (Å²) in [4.78, 5) is 0. The maximum atomic E-state index is 2.33. The van der Waals surface area contributed by atoms with Gasteiger partial charge in [0.15, 0.2) is 0 Å². The molecule has 1 radical (unpaired) electrons. The molecule has 0 aliphatic rings. The first-order valence-corrected chi connectivity index (χ1v) is 6.20. The minimum absolute atomic E-state index is 0. The van der Waals surface area contributed by atoms with Crippen LogP contribution >= 0.6 is 0 Å². The summed E-state index contributed by atoms with van der Waals surface area (Å²) in [6.07, 6.45) is 0. The first kappa shape index (κ1) is 21.0. The number of hydrogen-bond acceptors (Lipinski definition) is 0. The summed E-state index contributed by atoms with van der Waals surface area (Å²) in [5.74, 6) is 1.21. The predicted octanol–water partition coefficient (Wildman–Crippen LogP) is 6.01. The first-order valence-electron chi connectivity index (χ1n) is 6.20. The Bertz CT molecular complexity index is 504. The van der Waals surface area contributed by atoms with Crippen LogP contribution in [0.4, 0.5) is 0 Å². The minimum Gasteiger partial charge on any atom is -0.358 e. The second-order valence-corrected chi connectivity index (χ2v) is 5.41. The molecule has 0 nitrogen and oxygen atoms in total. The predicted molar refractivity (Wildman–Crippen MR) is 85.3 cm³/mol. The smallest absolute Gasteiger partial charge is 0.358 e. The van der Waals surface area contributed by atoms with Crippen molar-refractivity contribution < 1.29 is 26.2 Å². The zero-order valence-corrected chi connectivity index (χ0v) is 15.9. The van der Waals surface area contributed by atoms with Crippen molar-refractivity contribution in [2.24, 2.45) is 0 Å². The summed E-state index contributed by atoms with van der Waals surface area (Å²) in [7, 11) is 0. The average molecular weight is 335 g/mol. The van der Waals surface area contributed by atoms with Crippen LogP contribution in [0.15, 0.2) is 24.3 Å². The topological polar surface area (TPSA) is 0 Å². The Kier molecular flexibility index (Phi) is 8.96. The zero-order valence-electron chi connectivity index (χ0n) is 13.5. The molecule has 0 aliphatic heterocycles. The van der Waals surface area contributed by atoms with E-state index in [2.05, 4.69) is 58.9 Å². The van der Waals surface area contributed by atoms with Crippen molar-refractivity contribution in [2.45, 2.75) is 46.5 Å². The van der Waals surface area contributed by atoms with E-state index in [1.165, 1.54) is 21.9 Å². The quantitative estimate of drug-likeness (QED) is 0.590. The van der Waals surface area contributed by atoms with Crippen LogP contribution in [0.3, 0.4) is 0 Å². The van der Waals surface area contributed by atoms with Crippen LogP contribution in [0.1, 0.15) is 56.2 Å². The van der Waals surface area contributed by atoms with Gasteiger partial charge in [-0.25, -0.2) is 0 Å². The Morgan fingerprint density at radius 3 is 2.00 bits per heavy atom.